The van der Waals surface area contributed by atoms with E-state index in [4.69, 9.17) is 0 Å². The maximum atomic E-state index is 12.6. The number of hydrogen-bond donors (Lipinski definition) is 5. The summed E-state index contributed by atoms with van der Waals surface area (Å²) >= 11 is 0. The Kier molecular flexibility index (Phi) is 54.2. The van der Waals surface area contributed by atoms with Gasteiger partial charge in [0.2, 0.25) is 5.91 Å². The summed E-state index contributed by atoms with van der Waals surface area (Å²) in [5.74, 6) is -0.591. The van der Waals surface area contributed by atoms with Crippen molar-refractivity contribution in [3.05, 3.63) is 36.5 Å². The van der Waals surface area contributed by atoms with E-state index in [1.165, 1.54) is 244 Å². The molecule has 4 unspecified atom stereocenters. The van der Waals surface area contributed by atoms with E-state index in [1.807, 2.05) is 0 Å². The van der Waals surface area contributed by atoms with Crippen molar-refractivity contribution in [3.63, 3.8) is 0 Å². The third kappa shape index (κ3) is 49.3. The smallest absolute Gasteiger partial charge is 0.249 e. The van der Waals surface area contributed by atoms with Gasteiger partial charge in [0.05, 0.1) is 18.8 Å². The minimum absolute atomic E-state index is 0.362. The number of allylic oxidation sites excluding steroid dienone is 6. The monoisotopic (exact) mass is 944 g/mol. The Morgan fingerprint density at radius 3 is 0.985 bits per heavy atom. The summed E-state index contributed by atoms with van der Waals surface area (Å²) in [6, 6.07) is -1.00. The number of hydrogen-bond acceptors (Lipinski definition) is 5. The Labute approximate surface area is 417 Å². The summed E-state index contributed by atoms with van der Waals surface area (Å²) in [6.45, 7) is 4.08. The van der Waals surface area contributed by atoms with Crippen molar-refractivity contribution in [2.75, 3.05) is 6.61 Å². The lowest BCUT2D eigenvalue weighted by atomic mass is 10.00. The van der Waals surface area contributed by atoms with Crippen LogP contribution in [0, 0.1) is 0 Å². The fourth-order valence-corrected chi connectivity index (χ4v) is 9.38. The molecule has 0 fully saturated rings. The van der Waals surface area contributed by atoms with Gasteiger partial charge in [-0.05, 0) is 70.6 Å². The third-order valence-electron chi connectivity index (χ3n) is 14.1. The van der Waals surface area contributed by atoms with Crippen molar-refractivity contribution in [2.45, 2.75) is 340 Å². The Balaban J connectivity index is 3.64. The zero-order chi connectivity index (χ0) is 48.8. The van der Waals surface area contributed by atoms with E-state index >= 15 is 0 Å². The number of nitrogens with one attached hydrogen (secondary N) is 1. The Morgan fingerprint density at radius 2 is 0.657 bits per heavy atom. The van der Waals surface area contributed by atoms with Gasteiger partial charge >= 0.3 is 0 Å². The highest BCUT2D eigenvalue weighted by molar-refractivity contribution is 5.80. The molecule has 0 heterocycles. The van der Waals surface area contributed by atoms with Crippen LogP contribution in [-0.2, 0) is 4.79 Å². The molecular formula is C61H117NO5. The minimum atomic E-state index is -1.28. The van der Waals surface area contributed by atoms with Crippen LogP contribution in [0.4, 0.5) is 0 Å². The Bertz CT molecular complexity index is 1060. The van der Waals surface area contributed by atoms with Gasteiger partial charge in [0.1, 0.15) is 12.2 Å². The van der Waals surface area contributed by atoms with E-state index in [0.29, 0.717) is 12.8 Å². The van der Waals surface area contributed by atoms with Crippen molar-refractivity contribution < 1.29 is 25.2 Å². The zero-order valence-corrected chi connectivity index (χ0v) is 44.9. The maximum absolute atomic E-state index is 12.6. The molecule has 0 aromatic heterocycles. The SMILES string of the molecule is CCCCCCCCCCC/C=C\C/C=C\CCCCCCCCCCCCCCC(O)C(=O)NC(CO)C(O)C(O)CCC/C=C/CCCCCCCCCCCCCCCCCCCC. The van der Waals surface area contributed by atoms with Gasteiger partial charge in [-0.1, -0.05) is 281 Å². The predicted octanol–water partition coefficient (Wildman–Crippen LogP) is 17.6. The molecule has 4 atom stereocenters. The molecule has 6 heteroatoms. The number of carbonyl (C=O) groups excluding carboxylic acids is 1. The molecule has 67 heavy (non-hydrogen) atoms. The fraction of sp³-hybridized carbons (Fsp3) is 0.885. The van der Waals surface area contributed by atoms with Gasteiger partial charge in [-0.15, -0.1) is 0 Å². The van der Waals surface area contributed by atoms with Gasteiger partial charge in [-0.2, -0.15) is 0 Å². The second-order valence-electron chi connectivity index (χ2n) is 20.7. The molecule has 0 radical (unpaired) electrons. The third-order valence-corrected chi connectivity index (χ3v) is 14.1. The molecule has 0 aliphatic rings. The van der Waals surface area contributed by atoms with Gasteiger partial charge in [0, 0.05) is 0 Å². The first kappa shape index (κ1) is 65.5. The number of aliphatic hydroxyl groups excluding tert-OH is 4. The van der Waals surface area contributed by atoms with Crippen molar-refractivity contribution in [3.8, 4) is 0 Å². The van der Waals surface area contributed by atoms with E-state index in [1.54, 1.807) is 0 Å². The van der Waals surface area contributed by atoms with Crippen molar-refractivity contribution in [2.24, 2.45) is 0 Å². The Hall–Kier alpha value is -1.47. The molecule has 0 saturated carbocycles. The molecule has 396 valence electrons. The minimum Gasteiger partial charge on any atom is -0.394 e. The van der Waals surface area contributed by atoms with Crippen LogP contribution in [-0.4, -0.2) is 57.3 Å². The average Bonchev–Trinajstić information content (AvgIpc) is 3.33. The number of amides is 1. The highest BCUT2D eigenvalue weighted by atomic mass is 16.3. The summed E-state index contributed by atoms with van der Waals surface area (Å²) in [4.78, 5) is 12.6. The van der Waals surface area contributed by atoms with E-state index in [9.17, 15) is 25.2 Å². The van der Waals surface area contributed by atoms with Crippen LogP contribution in [0.25, 0.3) is 0 Å². The van der Waals surface area contributed by atoms with E-state index in [0.717, 1.165) is 44.9 Å². The standard InChI is InChI=1S/C61H117NO5/c1-3-5-7-9-11-13-15-17-19-21-23-25-27-28-29-30-31-33-35-37-39-41-43-45-47-49-51-53-55-59(65)61(67)62-57(56-63)60(66)58(64)54-52-50-48-46-44-42-40-38-36-34-32-26-24-22-20-18-16-14-12-10-8-6-4-2/h23,25,28-29,46,48,57-60,63-66H,3-22,24,26-27,30-45,47,49-56H2,1-2H3,(H,62,67)/b25-23-,29-28-,48-46+. The molecule has 6 nitrogen and oxygen atoms in total. The normalized spacial score (nSPS) is 13.9. The average molecular weight is 945 g/mol. The molecule has 0 saturated heterocycles. The molecule has 5 N–H and O–H groups in total. The van der Waals surface area contributed by atoms with Crippen LogP contribution in [0.15, 0.2) is 36.5 Å². The largest absolute Gasteiger partial charge is 0.394 e. The van der Waals surface area contributed by atoms with Crippen LogP contribution in [0.5, 0.6) is 0 Å². The van der Waals surface area contributed by atoms with Gasteiger partial charge < -0.3 is 25.7 Å². The van der Waals surface area contributed by atoms with Gasteiger partial charge in [-0.3, -0.25) is 4.79 Å². The Morgan fingerprint density at radius 1 is 0.373 bits per heavy atom. The molecule has 1 amide bonds. The zero-order valence-electron chi connectivity index (χ0n) is 44.9. The highest BCUT2D eigenvalue weighted by Gasteiger charge is 2.28. The quantitative estimate of drug-likeness (QED) is 0.0308. The summed E-state index contributed by atoms with van der Waals surface area (Å²) in [6.07, 6.45) is 69.4. The van der Waals surface area contributed by atoms with Gasteiger partial charge in [-0.25, -0.2) is 0 Å². The van der Waals surface area contributed by atoms with Gasteiger partial charge in [0.25, 0.3) is 0 Å². The second-order valence-corrected chi connectivity index (χ2v) is 20.7. The first-order chi connectivity index (χ1) is 33.0. The van der Waals surface area contributed by atoms with Crippen LogP contribution in [0.3, 0.4) is 0 Å². The van der Waals surface area contributed by atoms with E-state index in [-0.39, 0.29) is 0 Å². The van der Waals surface area contributed by atoms with Crippen molar-refractivity contribution >= 4 is 5.91 Å². The summed E-state index contributed by atoms with van der Waals surface area (Å²) in [5, 5.41) is 44.0. The van der Waals surface area contributed by atoms with Gasteiger partial charge in [0.15, 0.2) is 0 Å². The number of rotatable bonds is 55. The van der Waals surface area contributed by atoms with Crippen molar-refractivity contribution in [1.29, 1.82) is 0 Å². The van der Waals surface area contributed by atoms with Crippen molar-refractivity contribution in [1.82, 2.24) is 5.32 Å². The molecule has 0 bridgehead atoms. The summed E-state index contributed by atoms with van der Waals surface area (Å²) < 4.78 is 0. The first-order valence-corrected chi connectivity index (χ1v) is 29.9. The lowest BCUT2D eigenvalue weighted by Crippen LogP contribution is -2.53. The number of unbranched alkanes of at least 4 members (excludes halogenated alkanes) is 40. The van der Waals surface area contributed by atoms with E-state index in [2.05, 4.69) is 55.6 Å². The summed E-state index contributed by atoms with van der Waals surface area (Å²) in [7, 11) is 0. The van der Waals surface area contributed by atoms with Crippen LogP contribution in [0.2, 0.25) is 0 Å². The molecule has 0 spiro atoms. The number of aliphatic hydroxyl groups is 4. The lowest BCUT2D eigenvalue weighted by molar-refractivity contribution is -0.132. The predicted molar refractivity (Wildman–Crippen MR) is 293 cm³/mol. The summed E-state index contributed by atoms with van der Waals surface area (Å²) in [5.41, 5.74) is 0. The van der Waals surface area contributed by atoms with Crippen LogP contribution in [0.1, 0.15) is 316 Å². The lowest BCUT2D eigenvalue weighted by Gasteiger charge is -2.27. The van der Waals surface area contributed by atoms with E-state index < -0.39 is 36.9 Å². The fourth-order valence-electron chi connectivity index (χ4n) is 9.38. The topological polar surface area (TPSA) is 110 Å². The number of carbonyl (C=O) groups is 1. The maximum Gasteiger partial charge on any atom is 0.249 e. The first-order valence-electron chi connectivity index (χ1n) is 29.9. The second kappa shape index (κ2) is 55.5. The molecule has 0 aliphatic heterocycles. The molecule has 0 rings (SSSR count). The highest BCUT2D eigenvalue weighted by Crippen LogP contribution is 2.18. The molecular weight excluding hydrogens is 827 g/mol. The molecule has 0 aromatic rings. The van der Waals surface area contributed by atoms with Crippen LogP contribution >= 0.6 is 0 Å². The molecule has 0 aliphatic carbocycles. The molecule has 0 aromatic carbocycles. The van der Waals surface area contributed by atoms with Crippen LogP contribution < -0.4 is 5.32 Å².